The second kappa shape index (κ2) is 9.90. The van der Waals surface area contributed by atoms with Crippen molar-refractivity contribution in [2.45, 2.75) is 19.3 Å². The Morgan fingerprint density at radius 2 is 1.36 bits per heavy atom. The summed E-state index contributed by atoms with van der Waals surface area (Å²) >= 11 is 0. The molecule has 7 aromatic rings. The minimum atomic E-state index is -0.221. The zero-order valence-corrected chi connectivity index (χ0v) is 24.4. The molecule has 8 rings (SSSR count). The summed E-state index contributed by atoms with van der Waals surface area (Å²) in [5.74, 6) is 1.76. The highest BCUT2D eigenvalue weighted by Crippen LogP contribution is 2.51. The lowest BCUT2D eigenvalue weighted by molar-refractivity contribution is 0.419. The second-order valence-electron chi connectivity index (χ2n) is 11.8. The molecule has 0 radical (unpaired) electrons. The van der Waals surface area contributed by atoms with E-state index in [1.807, 2.05) is 48.7 Å². The number of benzene rings is 5. The van der Waals surface area contributed by atoms with Crippen molar-refractivity contribution in [3.8, 4) is 51.1 Å². The van der Waals surface area contributed by atoms with E-state index in [-0.39, 0.29) is 5.41 Å². The van der Waals surface area contributed by atoms with Crippen molar-refractivity contribution in [2.24, 2.45) is 0 Å². The Morgan fingerprint density at radius 3 is 2.20 bits per heavy atom. The van der Waals surface area contributed by atoms with Crippen LogP contribution < -0.4 is 4.74 Å². The van der Waals surface area contributed by atoms with Crippen molar-refractivity contribution in [1.82, 2.24) is 9.97 Å². The van der Waals surface area contributed by atoms with Crippen LogP contribution in [0.25, 0.3) is 55.3 Å². The third kappa shape index (κ3) is 4.13. The first-order valence-corrected chi connectivity index (χ1v) is 14.7. The van der Waals surface area contributed by atoms with Crippen LogP contribution in [-0.2, 0) is 5.41 Å². The van der Waals surface area contributed by atoms with Crippen LogP contribution in [0.3, 0.4) is 0 Å². The van der Waals surface area contributed by atoms with Crippen molar-refractivity contribution in [2.75, 3.05) is 0 Å². The Hall–Kier alpha value is -5.79. The Bertz CT molecular complexity index is 2290. The Morgan fingerprint density at radius 1 is 0.636 bits per heavy atom. The number of aromatic nitrogens is 2. The first kappa shape index (κ1) is 25.9. The molecular formula is C40H27N3O. The molecule has 3 heterocycles. The van der Waals surface area contributed by atoms with Gasteiger partial charge < -0.3 is 4.74 Å². The van der Waals surface area contributed by atoms with Gasteiger partial charge in [-0.2, -0.15) is 5.26 Å². The quantitative estimate of drug-likeness (QED) is 0.200. The van der Waals surface area contributed by atoms with E-state index < -0.39 is 0 Å². The van der Waals surface area contributed by atoms with Crippen molar-refractivity contribution >= 4 is 21.8 Å². The molecule has 5 aromatic carbocycles. The van der Waals surface area contributed by atoms with E-state index in [1.165, 1.54) is 5.56 Å². The van der Waals surface area contributed by atoms with Crippen LogP contribution in [0.4, 0.5) is 0 Å². The minimum Gasteiger partial charge on any atom is -0.456 e. The predicted octanol–water partition coefficient (Wildman–Crippen LogP) is 10.1. The Kier molecular flexibility index (Phi) is 5.82. The summed E-state index contributed by atoms with van der Waals surface area (Å²) in [6, 6.07) is 43.7. The molecule has 0 saturated heterocycles. The van der Waals surface area contributed by atoms with Gasteiger partial charge in [-0.15, -0.1) is 0 Å². The molecule has 4 heteroatoms. The maximum atomic E-state index is 9.39. The van der Waals surface area contributed by atoms with Crippen LogP contribution in [0.1, 0.15) is 30.5 Å². The molecular weight excluding hydrogens is 538 g/mol. The highest BCUT2D eigenvalue weighted by atomic mass is 16.5. The van der Waals surface area contributed by atoms with Gasteiger partial charge in [0.25, 0.3) is 0 Å². The number of nitrogens with zero attached hydrogens (tertiary/aromatic N) is 3. The summed E-state index contributed by atoms with van der Waals surface area (Å²) in [4.78, 5) is 9.84. The Labute approximate surface area is 255 Å². The van der Waals surface area contributed by atoms with Crippen molar-refractivity contribution in [3.63, 3.8) is 0 Å². The molecule has 0 N–H and O–H groups in total. The fourth-order valence-corrected chi connectivity index (χ4v) is 6.41. The van der Waals surface area contributed by atoms with Crippen LogP contribution in [0.2, 0.25) is 0 Å². The summed E-state index contributed by atoms with van der Waals surface area (Å²) in [6.45, 7) is 4.51. The zero-order valence-electron chi connectivity index (χ0n) is 24.4. The number of hydrogen-bond donors (Lipinski definition) is 0. The smallest absolute Gasteiger partial charge is 0.139 e. The van der Waals surface area contributed by atoms with E-state index in [2.05, 4.69) is 104 Å². The van der Waals surface area contributed by atoms with Gasteiger partial charge in [-0.25, -0.2) is 4.98 Å². The lowest BCUT2D eigenvalue weighted by atomic mass is 9.75. The SMILES string of the molecule is CC1(C)c2ccccc2Oc2c(-c3cc(-c4ccc(C#N)cc4)cc(-c4ccc5ccc6cccnc6c5n4)c3)cccc21. The van der Waals surface area contributed by atoms with E-state index in [0.717, 1.165) is 72.4 Å². The third-order valence-electron chi connectivity index (χ3n) is 8.78. The Balaban J connectivity index is 1.36. The van der Waals surface area contributed by atoms with Crippen molar-refractivity contribution in [1.29, 1.82) is 5.26 Å². The summed E-state index contributed by atoms with van der Waals surface area (Å²) in [7, 11) is 0. The van der Waals surface area contributed by atoms with Gasteiger partial charge >= 0.3 is 0 Å². The lowest BCUT2D eigenvalue weighted by Gasteiger charge is -2.35. The van der Waals surface area contributed by atoms with E-state index in [1.54, 1.807) is 0 Å². The molecule has 0 amide bonds. The molecule has 0 saturated carbocycles. The molecule has 1 aliphatic heterocycles. The molecule has 0 unspecified atom stereocenters. The van der Waals surface area contributed by atoms with Crippen molar-refractivity contribution < 1.29 is 4.74 Å². The standard InChI is InChI=1S/C40H27N3O/c1-40(2)33-9-3-4-11-36(33)44-39-32(8-5-10-34(39)40)30-21-29(26-14-12-25(24-41)13-15-26)22-31(23-30)35-19-18-28-17-16-27-7-6-20-42-37(27)38(28)43-35/h3-23H,1-2H3. The van der Waals surface area contributed by atoms with Crippen LogP contribution >= 0.6 is 0 Å². The van der Waals surface area contributed by atoms with Gasteiger partial charge in [0, 0.05) is 44.6 Å². The van der Waals surface area contributed by atoms with E-state index in [0.29, 0.717) is 5.56 Å². The fraction of sp³-hybridized carbons (Fsp3) is 0.0750. The zero-order chi connectivity index (χ0) is 29.8. The van der Waals surface area contributed by atoms with Gasteiger partial charge in [0.15, 0.2) is 0 Å². The lowest BCUT2D eigenvalue weighted by Crippen LogP contribution is -2.24. The topological polar surface area (TPSA) is 58.8 Å². The number of fused-ring (bicyclic) bond motifs is 5. The molecule has 0 bridgehead atoms. The minimum absolute atomic E-state index is 0.221. The van der Waals surface area contributed by atoms with Gasteiger partial charge in [0.2, 0.25) is 0 Å². The number of hydrogen-bond acceptors (Lipinski definition) is 4. The number of nitriles is 1. The molecule has 44 heavy (non-hydrogen) atoms. The molecule has 1 aliphatic rings. The van der Waals surface area contributed by atoms with Crippen LogP contribution in [-0.4, -0.2) is 9.97 Å². The molecule has 0 aliphatic carbocycles. The van der Waals surface area contributed by atoms with Crippen LogP contribution in [0.15, 0.2) is 128 Å². The highest BCUT2D eigenvalue weighted by molar-refractivity contribution is 6.03. The van der Waals surface area contributed by atoms with Crippen LogP contribution in [0, 0.1) is 11.3 Å². The normalized spacial score (nSPS) is 13.1. The number of pyridine rings is 2. The predicted molar refractivity (Wildman–Crippen MR) is 177 cm³/mol. The summed E-state index contributed by atoms with van der Waals surface area (Å²) in [5, 5.41) is 11.5. The molecule has 0 atom stereocenters. The number of ether oxygens (including phenoxy) is 1. The first-order valence-electron chi connectivity index (χ1n) is 14.7. The summed E-state index contributed by atoms with van der Waals surface area (Å²) in [6.07, 6.45) is 1.82. The van der Waals surface area contributed by atoms with Gasteiger partial charge in [0.1, 0.15) is 11.5 Å². The van der Waals surface area contributed by atoms with Crippen LogP contribution in [0.5, 0.6) is 11.5 Å². The summed E-state index contributed by atoms with van der Waals surface area (Å²) in [5.41, 5.74) is 10.5. The van der Waals surface area contributed by atoms with Gasteiger partial charge in [-0.1, -0.05) is 86.6 Å². The average molecular weight is 566 g/mol. The van der Waals surface area contributed by atoms with E-state index in [9.17, 15) is 5.26 Å². The monoisotopic (exact) mass is 565 g/mol. The average Bonchev–Trinajstić information content (AvgIpc) is 3.07. The van der Waals surface area contributed by atoms with Crippen molar-refractivity contribution in [3.05, 3.63) is 144 Å². The van der Waals surface area contributed by atoms with Gasteiger partial charge in [0.05, 0.1) is 28.4 Å². The maximum Gasteiger partial charge on any atom is 0.139 e. The van der Waals surface area contributed by atoms with Gasteiger partial charge in [-0.3, -0.25) is 4.98 Å². The molecule has 0 spiro atoms. The number of para-hydroxylation sites is 2. The van der Waals surface area contributed by atoms with E-state index in [4.69, 9.17) is 9.72 Å². The summed E-state index contributed by atoms with van der Waals surface area (Å²) < 4.78 is 6.67. The molecule has 208 valence electrons. The number of rotatable bonds is 3. The molecule has 2 aromatic heterocycles. The first-order chi connectivity index (χ1) is 21.5. The largest absolute Gasteiger partial charge is 0.456 e. The highest BCUT2D eigenvalue weighted by Gasteiger charge is 2.35. The van der Waals surface area contributed by atoms with E-state index >= 15 is 0 Å². The van der Waals surface area contributed by atoms with Gasteiger partial charge in [-0.05, 0) is 65.2 Å². The third-order valence-corrected chi connectivity index (χ3v) is 8.78. The molecule has 0 fully saturated rings. The fourth-order valence-electron chi connectivity index (χ4n) is 6.41. The second-order valence-corrected chi connectivity index (χ2v) is 11.8. The molecule has 4 nitrogen and oxygen atoms in total. The maximum absolute atomic E-state index is 9.39.